The lowest BCUT2D eigenvalue weighted by Crippen LogP contribution is -2.26. The molecule has 110 valence electrons. The van der Waals surface area contributed by atoms with E-state index in [2.05, 4.69) is 5.32 Å². The number of carbonyl (C=O) groups is 1. The molecule has 1 heterocycles. The predicted molar refractivity (Wildman–Crippen MR) is 71.8 cm³/mol. The van der Waals surface area contributed by atoms with Gasteiger partial charge in [0.2, 0.25) is 6.79 Å². The Balaban J connectivity index is 1.83. The zero-order valence-electron chi connectivity index (χ0n) is 11.1. The summed E-state index contributed by atoms with van der Waals surface area (Å²) in [6.45, 7) is 1.40. The molecule has 0 unspecified atom stereocenters. The highest BCUT2D eigenvalue weighted by atomic mass is 16.7. The second-order valence-electron chi connectivity index (χ2n) is 4.24. The van der Waals surface area contributed by atoms with Crippen molar-refractivity contribution in [2.75, 3.05) is 38.9 Å². The first-order valence-corrected chi connectivity index (χ1v) is 6.38. The van der Waals surface area contributed by atoms with Crippen LogP contribution in [0.2, 0.25) is 0 Å². The molecule has 1 aromatic rings. The summed E-state index contributed by atoms with van der Waals surface area (Å²) in [5, 5.41) is 11.3. The largest absolute Gasteiger partial charge is 0.454 e. The van der Waals surface area contributed by atoms with Crippen LogP contribution in [0.1, 0.15) is 16.8 Å². The molecule has 1 aliphatic heterocycles. The van der Waals surface area contributed by atoms with Crippen molar-refractivity contribution in [1.29, 1.82) is 0 Å². The van der Waals surface area contributed by atoms with Gasteiger partial charge in [-0.05, 0) is 12.5 Å². The van der Waals surface area contributed by atoms with Gasteiger partial charge >= 0.3 is 0 Å². The van der Waals surface area contributed by atoms with Crippen LogP contribution in [0.5, 0.6) is 11.5 Å². The first-order chi connectivity index (χ1) is 9.72. The summed E-state index contributed by atoms with van der Waals surface area (Å²) in [7, 11) is 0. The standard InChI is InChI=1S/C13H18N2O5/c14-10-7-12-11(19-8-20-12)6-9(10)13(17)15-2-1-4-18-5-3-16/h6-7,16H,1-5,8,14H2,(H,15,17). The van der Waals surface area contributed by atoms with Crippen molar-refractivity contribution in [1.82, 2.24) is 5.32 Å². The van der Waals surface area contributed by atoms with Gasteiger partial charge in [-0.2, -0.15) is 0 Å². The van der Waals surface area contributed by atoms with Gasteiger partial charge in [0, 0.05) is 24.9 Å². The molecule has 0 radical (unpaired) electrons. The smallest absolute Gasteiger partial charge is 0.253 e. The number of aliphatic hydroxyl groups excluding tert-OH is 1. The number of nitrogens with two attached hydrogens (primary N) is 1. The van der Waals surface area contributed by atoms with Gasteiger partial charge in [-0.1, -0.05) is 0 Å². The number of fused-ring (bicyclic) bond motifs is 1. The third kappa shape index (κ3) is 3.52. The minimum absolute atomic E-state index is 0.0000885. The van der Waals surface area contributed by atoms with Crippen molar-refractivity contribution in [2.45, 2.75) is 6.42 Å². The molecule has 0 fully saturated rings. The molecule has 20 heavy (non-hydrogen) atoms. The molecular weight excluding hydrogens is 264 g/mol. The van der Waals surface area contributed by atoms with E-state index in [9.17, 15) is 4.79 Å². The fraction of sp³-hybridized carbons (Fsp3) is 0.462. The Morgan fingerprint density at radius 3 is 2.85 bits per heavy atom. The SMILES string of the molecule is Nc1cc2c(cc1C(=O)NCCCOCCO)OCO2. The van der Waals surface area contributed by atoms with Crippen LogP contribution < -0.4 is 20.5 Å². The van der Waals surface area contributed by atoms with Gasteiger partial charge in [0.25, 0.3) is 5.91 Å². The van der Waals surface area contributed by atoms with Gasteiger partial charge in [0.05, 0.1) is 18.8 Å². The van der Waals surface area contributed by atoms with Crippen molar-refractivity contribution in [2.24, 2.45) is 0 Å². The lowest BCUT2D eigenvalue weighted by atomic mass is 10.1. The van der Waals surface area contributed by atoms with Crippen LogP contribution in [0, 0.1) is 0 Å². The fourth-order valence-electron chi connectivity index (χ4n) is 1.79. The van der Waals surface area contributed by atoms with Crippen LogP contribution in [0.4, 0.5) is 5.69 Å². The molecule has 0 saturated heterocycles. The quantitative estimate of drug-likeness (QED) is 0.485. The molecule has 7 nitrogen and oxygen atoms in total. The number of rotatable bonds is 7. The van der Waals surface area contributed by atoms with Gasteiger partial charge in [-0.25, -0.2) is 0 Å². The average molecular weight is 282 g/mol. The minimum Gasteiger partial charge on any atom is -0.454 e. The molecule has 0 bridgehead atoms. The zero-order chi connectivity index (χ0) is 14.4. The number of benzene rings is 1. The van der Waals surface area contributed by atoms with E-state index in [4.69, 9.17) is 25.1 Å². The van der Waals surface area contributed by atoms with E-state index in [1.54, 1.807) is 12.1 Å². The number of nitrogen functional groups attached to an aromatic ring is 1. The molecule has 0 atom stereocenters. The topological polar surface area (TPSA) is 103 Å². The highest BCUT2D eigenvalue weighted by Gasteiger charge is 2.19. The second kappa shape index (κ2) is 6.97. The van der Waals surface area contributed by atoms with E-state index < -0.39 is 0 Å². The Bertz CT molecular complexity index is 478. The Kier molecular flexibility index (Phi) is 5.03. The van der Waals surface area contributed by atoms with E-state index in [1.165, 1.54) is 0 Å². The molecule has 1 amide bonds. The summed E-state index contributed by atoms with van der Waals surface area (Å²) < 4.78 is 15.5. The maximum absolute atomic E-state index is 12.0. The highest BCUT2D eigenvalue weighted by Crippen LogP contribution is 2.35. The van der Waals surface area contributed by atoms with Gasteiger partial charge in [-0.15, -0.1) is 0 Å². The van der Waals surface area contributed by atoms with Crippen LogP contribution in [0.15, 0.2) is 12.1 Å². The number of ether oxygens (including phenoxy) is 3. The molecule has 0 spiro atoms. The Hall–Kier alpha value is -1.99. The Morgan fingerprint density at radius 1 is 1.35 bits per heavy atom. The average Bonchev–Trinajstić information content (AvgIpc) is 2.88. The number of hydrogen-bond donors (Lipinski definition) is 3. The number of aliphatic hydroxyl groups is 1. The van der Waals surface area contributed by atoms with Gasteiger partial charge in [0.1, 0.15) is 0 Å². The van der Waals surface area contributed by atoms with E-state index in [1.807, 2.05) is 0 Å². The molecule has 0 saturated carbocycles. The first-order valence-electron chi connectivity index (χ1n) is 6.38. The summed E-state index contributed by atoms with van der Waals surface area (Å²) in [4.78, 5) is 12.0. The molecular formula is C13H18N2O5. The molecule has 7 heteroatoms. The van der Waals surface area contributed by atoms with E-state index >= 15 is 0 Å². The summed E-state index contributed by atoms with van der Waals surface area (Å²) in [5.41, 5.74) is 6.53. The zero-order valence-corrected chi connectivity index (χ0v) is 11.1. The molecule has 2 rings (SSSR count). The van der Waals surface area contributed by atoms with E-state index in [-0.39, 0.29) is 19.3 Å². The van der Waals surface area contributed by atoms with Crippen molar-refractivity contribution in [3.05, 3.63) is 17.7 Å². The number of anilines is 1. The number of amides is 1. The van der Waals surface area contributed by atoms with Crippen LogP contribution in [0.3, 0.4) is 0 Å². The van der Waals surface area contributed by atoms with Crippen molar-refractivity contribution in [3.8, 4) is 11.5 Å². The number of hydrogen-bond acceptors (Lipinski definition) is 6. The Morgan fingerprint density at radius 2 is 2.10 bits per heavy atom. The molecule has 1 aromatic carbocycles. The number of nitrogens with one attached hydrogen (secondary N) is 1. The van der Waals surface area contributed by atoms with Crippen LogP contribution in [0.25, 0.3) is 0 Å². The lowest BCUT2D eigenvalue weighted by Gasteiger charge is -2.08. The summed E-state index contributed by atoms with van der Waals surface area (Å²) in [6, 6.07) is 3.16. The molecule has 1 aliphatic rings. The van der Waals surface area contributed by atoms with Crippen LogP contribution in [-0.2, 0) is 4.74 Å². The van der Waals surface area contributed by atoms with Gasteiger partial charge in [0.15, 0.2) is 11.5 Å². The van der Waals surface area contributed by atoms with Crippen LogP contribution >= 0.6 is 0 Å². The Labute approximate surface area is 116 Å². The molecule has 0 aromatic heterocycles. The normalized spacial score (nSPS) is 12.4. The summed E-state index contributed by atoms with van der Waals surface area (Å²) in [6.07, 6.45) is 0.663. The van der Waals surface area contributed by atoms with Gasteiger partial charge < -0.3 is 30.4 Å². The second-order valence-corrected chi connectivity index (χ2v) is 4.24. The number of carbonyl (C=O) groups excluding carboxylic acids is 1. The monoisotopic (exact) mass is 282 g/mol. The maximum atomic E-state index is 12.0. The van der Waals surface area contributed by atoms with Crippen molar-refractivity contribution >= 4 is 11.6 Å². The summed E-state index contributed by atoms with van der Waals surface area (Å²) in [5.74, 6) is 0.815. The van der Waals surface area contributed by atoms with Crippen molar-refractivity contribution < 1.29 is 24.1 Å². The third-order valence-electron chi connectivity index (χ3n) is 2.78. The minimum atomic E-state index is -0.261. The predicted octanol–water partition coefficient (Wildman–Crippen LogP) is 0.126. The first kappa shape index (κ1) is 14.4. The summed E-state index contributed by atoms with van der Waals surface area (Å²) >= 11 is 0. The molecule has 0 aliphatic carbocycles. The maximum Gasteiger partial charge on any atom is 0.253 e. The van der Waals surface area contributed by atoms with Crippen molar-refractivity contribution in [3.63, 3.8) is 0 Å². The molecule has 4 N–H and O–H groups in total. The van der Waals surface area contributed by atoms with Gasteiger partial charge in [-0.3, -0.25) is 4.79 Å². The van der Waals surface area contributed by atoms with E-state index in [0.717, 1.165) is 0 Å². The lowest BCUT2D eigenvalue weighted by molar-refractivity contribution is 0.0868. The van der Waals surface area contributed by atoms with Crippen LogP contribution in [-0.4, -0.2) is 44.2 Å². The highest BCUT2D eigenvalue weighted by molar-refractivity contribution is 6.00. The van der Waals surface area contributed by atoms with E-state index in [0.29, 0.717) is 48.9 Å². The fourth-order valence-corrected chi connectivity index (χ4v) is 1.79. The third-order valence-corrected chi connectivity index (χ3v) is 2.78.